The SMILES string of the molecule is O=C(O)c1ccccc1-c1ccc(CN2CCCC[C@@H]2c2cc(CO)[nH]n2)o1. The number of furan rings is 1. The third-order valence-corrected chi connectivity index (χ3v) is 5.22. The number of aliphatic hydroxyl groups is 1. The van der Waals surface area contributed by atoms with Crippen LogP contribution >= 0.6 is 0 Å². The van der Waals surface area contributed by atoms with Gasteiger partial charge in [-0.2, -0.15) is 5.10 Å². The number of aromatic carboxylic acids is 1. The van der Waals surface area contributed by atoms with E-state index in [1.807, 2.05) is 18.2 Å². The summed E-state index contributed by atoms with van der Waals surface area (Å²) in [6.07, 6.45) is 3.26. The van der Waals surface area contributed by atoms with E-state index in [9.17, 15) is 15.0 Å². The van der Waals surface area contributed by atoms with Gasteiger partial charge in [0.05, 0.1) is 36.1 Å². The molecule has 1 aliphatic rings. The summed E-state index contributed by atoms with van der Waals surface area (Å²) in [7, 11) is 0. The van der Waals surface area contributed by atoms with Crippen LogP contribution in [-0.2, 0) is 13.2 Å². The predicted octanol–water partition coefficient (Wildman–Crippen LogP) is 3.59. The number of rotatable bonds is 6. The van der Waals surface area contributed by atoms with Gasteiger partial charge in [0.1, 0.15) is 11.5 Å². The van der Waals surface area contributed by atoms with Crippen LogP contribution in [0, 0.1) is 0 Å². The minimum Gasteiger partial charge on any atom is -0.478 e. The zero-order valence-corrected chi connectivity index (χ0v) is 15.5. The molecule has 2 aromatic heterocycles. The van der Waals surface area contributed by atoms with Crippen molar-refractivity contribution in [3.63, 3.8) is 0 Å². The van der Waals surface area contributed by atoms with Crippen molar-refractivity contribution in [2.45, 2.75) is 38.5 Å². The maximum atomic E-state index is 11.5. The van der Waals surface area contributed by atoms with E-state index in [0.29, 0.717) is 23.6 Å². The van der Waals surface area contributed by atoms with E-state index in [0.717, 1.165) is 37.3 Å². The van der Waals surface area contributed by atoms with Gasteiger partial charge in [0, 0.05) is 5.56 Å². The van der Waals surface area contributed by atoms with Gasteiger partial charge >= 0.3 is 5.97 Å². The lowest BCUT2D eigenvalue weighted by molar-refractivity contribution is 0.0697. The molecule has 28 heavy (non-hydrogen) atoms. The number of carboxylic acid groups (broad SMARTS) is 1. The molecule has 0 saturated carbocycles. The highest BCUT2D eigenvalue weighted by molar-refractivity contribution is 5.95. The van der Waals surface area contributed by atoms with E-state index in [1.165, 1.54) is 0 Å². The zero-order valence-electron chi connectivity index (χ0n) is 15.5. The number of carboxylic acids is 1. The molecule has 1 aliphatic heterocycles. The summed E-state index contributed by atoms with van der Waals surface area (Å²) in [5.41, 5.74) is 2.46. The number of piperidine rings is 1. The van der Waals surface area contributed by atoms with Crippen molar-refractivity contribution in [3.05, 3.63) is 65.2 Å². The quantitative estimate of drug-likeness (QED) is 0.603. The van der Waals surface area contributed by atoms with Crippen LogP contribution in [0.25, 0.3) is 11.3 Å². The Labute approximate surface area is 162 Å². The van der Waals surface area contributed by atoms with Gasteiger partial charge in [-0.1, -0.05) is 24.6 Å². The van der Waals surface area contributed by atoms with Crippen molar-refractivity contribution in [1.82, 2.24) is 15.1 Å². The summed E-state index contributed by atoms with van der Waals surface area (Å²) in [6, 6.07) is 12.7. The smallest absolute Gasteiger partial charge is 0.336 e. The molecule has 0 bridgehead atoms. The lowest BCUT2D eigenvalue weighted by atomic mass is 9.99. The molecular formula is C21H23N3O4. The second-order valence-corrected chi connectivity index (χ2v) is 7.07. The van der Waals surface area contributed by atoms with Gasteiger partial charge in [0.2, 0.25) is 0 Å². The van der Waals surface area contributed by atoms with E-state index in [-0.39, 0.29) is 18.2 Å². The second-order valence-electron chi connectivity index (χ2n) is 7.07. The molecular weight excluding hydrogens is 358 g/mol. The molecule has 0 amide bonds. The summed E-state index contributed by atoms with van der Waals surface area (Å²) < 4.78 is 6.00. The van der Waals surface area contributed by atoms with Crippen molar-refractivity contribution in [3.8, 4) is 11.3 Å². The first-order chi connectivity index (χ1) is 13.7. The molecule has 4 rings (SSSR count). The van der Waals surface area contributed by atoms with Gasteiger partial charge in [-0.25, -0.2) is 4.79 Å². The highest BCUT2D eigenvalue weighted by Gasteiger charge is 2.27. The Hall–Kier alpha value is -2.90. The van der Waals surface area contributed by atoms with Gasteiger partial charge in [-0.15, -0.1) is 0 Å². The molecule has 146 valence electrons. The minimum absolute atomic E-state index is 0.0513. The number of aromatic amines is 1. The molecule has 0 radical (unpaired) electrons. The Bertz CT molecular complexity index is 962. The topological polar surface area (TPSA) is 103 Å². The number of hydrogen-bond acceptors (Lipinski definition) is 5. The molecule has 3 N–H and O–H groups in total. The number of benzene rings is 1. The first-order valence-corrected chi connectivity index (χ1v) is 9.46. The molecule has 0 aliphatic carbocycles. The van der Waals surface area contributed by atoms with E-state index in [1.54, 1.807) is 24.3 Å². The average Bonchev–Trinajstić information content (AvgIpc) is 3.38. The van der Waals surface area contributed by atoms with Crippen LogP contribution in [0.1, 0.15) is 52.8 Å². The molecule has 1 aromatic carbocycles. The number of carbonyl (C=O) groups is 1. The zero-order chi connectivity index (χ0) is 19.5. The standard InChI is InChI=1S/C21H23N3O4/c25-13-14-11-18(23-22-14)19-7-3-4-10-24(19)12-15-8-9-20(28-15)16-5-1-2-6-17(16)21(26)27/h1-2,5-6,8-9,11,19,25H,3-4,7,10,12-13H2,(H,22,23)(H,26,27)/t19-/m1/s1. The lowest BCUT2D eigenvalue weighted by Crippen LogP contribution is -2.33. The Morgan fingerprint density at radius 1 is 1.25 bits per heavy atom. The maximum Gasteiger partial charge on any atom is 0.336 e. The molecule has 7 nitrogen and oxygen atoms in total. The number of nitrogens with one attached hydrogen (secondary N) is 1. The second kappa shape index (κ2) is 8.00. The third kappa shape index (κ3) is 3.72. The van der Waals surface area contributed by atoms with E-state index < -0.39 is 5.97 Å². The van der Waals surface area contributed by atoms with E-state index in [2.05, 4.69) is 15.1 Å². The first-order valence-electron chi connectivity index (χ1n) is 9.46. The summed E-state index contributed by atoms with van der Waals surface area (Å²) in [5, 5.41) is 25.9. The van der Waals surface area contributed by atoms with Crippen LogP contribution < -0.4 is 0 Å². The number of likely N-dealkylation sites (tertiary alicyclic amines) is 1. The van der Waals surface area contributed by atoms with Crippen molar-refractivity contribution in [2.24, 2.45) is 0 Å². The van der Waals surface area contributed by atoms with Crippen molar-refractivity contribution in [1.29, 1.82) is 0 Å². The van der Waals surface area contributed by atoms with Crippen LogP contribution in [0.4, 0.5) is 0 Å². The molecule has 1 fully saturated rings. The fourth-order valence-electron chi connectivity index (χ4n) is 3.84. The predicted molar refractivity (Wildman–Crippen MR) is 103 cm³/mol. The molecule has 7 heteroatoms. The molecule has 1 atom stereocenters. The van der Waals surface area contributed by atoms with Crippen LogP contribution in [0.5, 0.6) is 0 Å². The van der Waals surface area contributed by atoms with Crippen molar-refractivity contribution >= 4 is 5.97 Å². The Balaban J connectivity index is 1.55. The van der Waals surface area contributed by atoms with Crippen molar-refractivity contribution in [2.75, 3.05) is 6.54 Å². The van der Waals surface area contributed by atoms with Crippen LogP contribution in [-0.4, -0.2) is 37.8 Å². The Morgan fingerprint density at radius 2 is 2.11 bits per heavy atom. The summed E-state index contributed by atoms with van der Waals surface area (Å²) in [5.74, 6) is 0.381. The highest BCUT2D eigenvalue weighted by atomic mass is 16.4. The fourth-order valence-corrected chi connectivity index (χ4v) is 3.84. The third-order valence-electron chi connectivity index (χ3n) is 5.22. The number of aliphatic hydroxyl groups excluding tert-OH is 1. The monoisotopic (exact) mass is 381 g/mol. The Morgan fingerprint density at radius 3 is 2.89 bits per heavy atom. The normalized spacial score (nSPS) is 17.7. The molecule has 0 unspecified atom stereocenters. The first kappa shape index (κ1) is 18.5. The van der Waals surface area contributed by atoms with Gasteiger partial charge in [0.15, 0.2) is 0 Å². The number of H-pyrrole nitrogens is 1. The molecule has 3 heterocycles. The summed E-state index contributed by atoms with van der Waals surface area (Å²) in [4.78, 5) is 13.8. The molecule has 3 aromatic rings. The average molecular weight is 381 g/mol. The largest absolute Gasteiger partial charge is 0.478 e. The maximum absolute atomic E-state index is 11.5. The number of hydrogen-bond donors (Lipinski definition) is 3. The van der Waals surface area contributed by atoms with Gasteiger partial charge < -0.3 is 14.6 Å². The summed E-state index contributed by atoms with van der Waals surface area (Å²) >= 11 is 0. The molecule has 1 saturated heterocycles. The van der Waals surface area contributed by atoms with Crippen molar-refractivity contribution < 1.29 is 19.4 Å². The van der Waals surface area contributed by atoms with Crippen LogP contribution in [0.15, 0.2) is 46.9 Å². The lowest BCUT2D eigenvalue weighted by Gasteiger charge is -2.34. The van der Waals surface area contributed by atoms with Gasteiger partial charge in [-0.05, 0) is 43.7 Å². The number of nitrogens with zero attached hydrogens (tertiary/aromatic N) is 2. The molecule has 0 spiro atoms. The fraction of sp³-hybridized carbons (Fsp3) is 0.333. The summed E-state index contributed by atoms with van der Waals surface area (Å²) in [6.45, 7) is 1.51. The van der Waals surface area contributed by atoms with E-state index >= 15 is 0 Å². The van der Waals surface area contributed by atoms with Gasteiger partial charge in [-0.3, -0.25) is 10.00 Å². The minimum atomic E-state index is -0.970. The van der Waals surface area contributed by atoms with E-state index in [4.69, 9.17) is 4.42 Å². The van der Waals surface area contributed by atoms with Gasteiger partial charge in [0.25, 0.3) is 0 Å². The Kier molecular flexibility index (Phi) is 5.27. The number of aromatic nitrogens is 2. The van der Waals surface area contributed by atoms with Crippen LogP contribution in [0.2, 0.25) is 0 Å². The highest BCUT2D eigenvalue weighted by Crippen LogP contribution is 2.33. The van der Waals surface area contributed by atoms with Crippen LogP contribution in [0.3, 0.4) is 0 Å².